The van der Waals surface area contributed by atoms with Crippen molar-refractivity contribution in [1.82, 2.24) is 9.99 Å². The van der Waals surface area contributed by atoms with Crippen molar-refractivity contribution in [3.05, 3.63) is 29.6 Å². The van der Waals surface area contributed by atoms with E-state index in [0.717, 1.165) is 12.5 Å². The average Bonchev–Trinajstić information content (AvgIpc) is 2.96. The van der Waals surface area contributed by atoms with Gasteiger partial charge < -0.3 is 0 Å². The molecule has 4 nitrogen and oxygen atoms in total. The molecular formula is C15H18ClF2N3O. The molecule has 1 aliphatic rings. The molecule has 0 N–H and O–H groups in total. The van der Waals surface area contributed by atoms with Gasteiger partial charge in [-0.25, -0.2) is 14.4 Å². The molecule has 1 aliphatic heterocycles. The molecule has 22 heavy (non-hydrogen) atoms. The minimum Gasteiger partial charge on any atom is -0.272 e. The Morgan fingerprint density at radius 1 is 1.50 bits per heavy atom. The standard InChI is InChI=1S/C15H18ClF2N3O/c1-15(2,5-3-6-16)14(22)21-12(4-7-20-21)10-8-11(17)13(18)19-9-10/h7-9,12H,3-6H2,1-2H3. The third-order valence-electron chi connectivity index (χ3n) is 3.75. The number of hydrogen-bond donors (Lipinski definition) is 0. The minimum absolute atomic E-state index is 0.166. The first kappa shape index (κ1) is 16.8. The second-order valence-corrected chi connectivity index (χ2v) is 6.29. The molecule has 0 saturated carbocycles. The molecule has 1 aromatic rings. The van der Waals surface area contributed by atoms with Gasteiger partial charge in [0.1, 0.15) is 0 Å². The van der Waals surface area contributed by atoms with Crippen molar-refractivity contribution in [3.8, 4) is 0 Å². The number of halogens is 3. The Morgan fingerprint density at radius 2 is 2.23 bits per heavy atom. The molecule has 1 amide bonds. The number of nitrogens with zero attached hydrogens (tertiary/aromatic N) is 3. The number of hydrogen-bond acceptors (Lipinski definition) is 3. The first-order chi connectivity index (χ1) is 10.4. The maximum Gasteiger partial charge on any atom is 0.248 e. The van der Waals surface area contributed by atoms with Crippen LogP contribution in [0.2, 0.25) is 0 Å². The fourth-order valence-electron chi connectivity index (χ4n) is 2.43. The molecule has 0 radical (unpaired) electrons. The van der Waals surface area contributed by atoms with Crippen LogP contribution in [0.25, 0.3) is 0 Å². The van der Waals surface area contributed by atoms with E-state index < -0.39 is 23.2 Å². The Hall–Kier alpha value is -1.56. The Morgan fingerprint density at radius 3 is 2.86 bits per heavy atom. The molecule has 0 fully saturated rings. The van der Waals surface area contributed by atoms with Gasteiger partial charge >= 0.3 is 0 Å². The van der Waals surface area contributed by atoms with Crippen LogP contribution in [-0.4, -0.2) is 28.0 Å². The zero-order valence-corrected chi connectivity index (χ0v) is 13.3. The quantitative estimate of drug-likeness (QED) is 0.611. The van der Waals surface area contributed by atoms with Gasteiger partial charge in [-0.2, -0.15) is 9.49 Å². The van der Waals surface area contributed by atoms with Crippen LogP contribution < -0.4 is 0 Å². The van der Waals surface area contributed by atoms with E-state index in [0.29, 0.717) is 24.3 Å². The van der Waals surface area contributed by atoms with Crippen LogP contribution in [0.1, 0.15) is 44.7 Å². The van der Waals surface area contributed by atoms with Crippen LogP contribution in [0.3, 0.4) is 0 Å². The first-order valence-corrected chi connectivity index (χ1v) is 7.63. The smallest absolute Gasteiger partial charge is 0.248 e. The summed E-state index contributed by atoms with van der Waals surface area (Å²) in [5, 5.41) is 5.44. The van der Waals surface area contributed by atoms with E-state index in [2.05, 4.69) is 10.1 Å². The molecule has 0 saturated heterocycles. The summed E-state index contributed by atoms with van der Waals surface area (Å²) in [6, 6.07) is 0.610. The fraction of sp³-hybridized carbons (Fsp3) is 0.533. The number of carbonyl (C=O) groups is 1. The monoisotopic (exact) mass is 329 g/mol. The van der Waals surface area contributed by atoms with E-state index in [-0.39, 0.29) is 5.91 Å². The predicted octanol–water partition coefficient (Wildman–Crippen LogP) is 3.66. The molecule has 2 heterocycles. The Balaban J connectivity index is 2.20. The van der Waals surface area contributed by atoms with Crippen molar-refractivity contribution in [2.75, 3.05) is 5.88 Å². The molecule has 0 aliphatic carbocycles. The van der Waals surface area contributed by atoms with Crippen LogP contribution in [0, 0.1) is 17.2 Å². The van der Waals surface area contributed by atoms with Crippen LogP contribution in [-0.2, 0) is 4.79 Å². The number of rotatable bonds is 5. The fourth-order valence-corrected chi connectivity index (χ4v) is 2.56. The maximum atomic E-state index is 13.4. The summed E-state index contributed by atoms with van der Waals surface area (Å²) >= 11 is 5.69. The number of amides is 1. The summed E-state index contributed by atoms with van der Waals surface area (Å²) in [7, 11) is 0. The molecule has 7 heteroatoms. The maximum absolute atomic E-state index is 13.4. The van der Waals surface area contributed by atoms with Gasteiger partial charge in [0.05, 0.1) is 6.04 Å². The van der Waals surface area contributed by atoms with E-state index in [4.69, 9.17) is 11.6 Å². The zero-order valence-electron chi connectivity index (χ0n) is 12.5. The number of hydrazone groups is 1. The van der Waals surface area contributed by atoms with Crippen LogP contribution in [0.15, 0.2) is 17.4 Å². The van der Waals surface area contributed by atoms with Crippen LogP contribution >= 0.6 is 11.6 Å². The highest BCUT2D eigenvalue weighted by Gasteiger charge is 2.37. The van der Waals surface area contributed by atoms with Gasteiger partial charge in [-0.05, 0) is 24.5 Å². The van der Waals surface area contributed by atoms with Crippen molar-refractivity contribution < 1.29 is 13.6 Å². The highest BCUT2D eigenvalue weighted by molar-refractivity contribution is 6.17. The Kier molecular flexibility index (Phi) is 5.11. The topological polar surface area (TPSA) is 45.6 Å². The van der Waals surface area contributed by atoms with E-state index in [1.807, 2.05) is 13.8 Å². The van der Waals surface area contributed by atoms with Crippen molar-refractivity contribution >= 4 is 23.7 Å². The largest absolute Gasteiger partial charge is 0.272 e. The molecule has 0 bridgehead atoms. The number of alkyl halides is 1. The van der Waals surface area contributed by atoms with Crippen LogP contribution in [0.5, 0.6) is 0 Å². The molecule has 2 rings (SSSR count). The molecular weight excluding hydrogens is 312 g/mol. The Labute approximate surface area is 133 Å². The summed E-state index contributed by atoms with van der Waals surface area (Å²) in [4.78, 5) is 16.1. The van der Waals surface area contributed by atoms with Gasteiger partial charge in [-0.1, -0.05) is 13.8 Å². The average molecular weight is 330 g/mol. The predicted molar refractivity (Wildman–Crippen MR) is 80.6 cm³/mol. The lowest BCUT2D eigenvalue weighted by atomic mass is 9.86. The SMILES string of the molecule is CC(C)(CCCCl)C(=O)N1N=CCC1c1cnc(F)c(F)c1. The number of pyridine rings is 1. The summed E-state index contributed by atoms with van der Waals surface area (Å²) in [5.74, 6) is -1.86. The Bertz CT molecular complexity index is 592. The van der Waals surface area contributed by atoms with Gasteiger partial charge in [0.25, 0.3) is 0 Å². The number of carbonyl (C=O) groups excluding carboxylic acids is 1. The third-order valence-corrected chi connectivity index (χ3v) is 4.02. The lowest BCUT2D eigenvalue weighted by Gasteiger charge is -2.31. The van der Waals surface area contributed by atoms with Gasteiger partial charge in [0, 0.05) is 30.1 Å². The lowest BCUT2D eigenvalue weighted by molar-refractivity contribution is -0.142. The van der Waals surface area contributed by atoms with E-state index in [9.17, 15) is 13.6 Å². The van der Waals surface area contributed by atoms with E-state index in [1.54, 1.807) is 6.21 Å². The summed E-state index contributed by atoms with van der Waals surface area (Å²) < 4.78 is 26.3. The second-order valence-electron chi connectivity index (χ2n) is 5.92. The molecule has 0 aromatic carbocycles. The second kappa shape index (κ2) is 6.69. The molecule has 1 atom stereocenters. The van der Waals surface area contributed by atoms with E-state index >= 15 is 0 Å². The summed E-state index contributed by atoms with van der Waals surface area (Å²) in [5.41, 5.74) is -0.196. The van der Waals surface area contributed by atoms with Gasteiger partial charge in [0.15, 0.2) is 5.82 Å². The minimum atomic E-state index is -1.15. The van der Waals surface area contributed by atoms with Gasteiger partial charge in [-0.3, -0.25) is 4.79 Å². The van der Waals surface area contributed by atoms with Crippen molar-refractivity contribution in [1.29, 1.82) is 0 Å². The first-order valence-electron chi connectivity index (χ1n) is 7.10. The normalized spacial score (nSPS) is 18.0. The molecule has 1 aromatic heterocycles. The van der Waals surface area contributed by atoms with Crippen molar-refractivity contribution in [3.63, 3.8) is 0 Å². The van der Waals surface area contributed by atoms with E-state index in [1.165, 1.54) is 11.2 Å². The molecule has 1 unspecified atom stereocenters. The highest BCUT2D eigenvalue weighted by atomic mass is 35.5. The third kappa shape index (κ3) is 3.43. The van der Waals surface area contributed by atoms with Crippen molar-refractivity contribution in [2.45, 2.75) is 39.2 Å². The van der Waals surface area contributed by atoms with Crippen molar-refractivity contribution in [2.24, 2.45) is 10.5 Å². The van der Waals surface area contributed by atoms with Gasteiger partial charge in [-0.15, -0.1) is 11.6 Å². The highest BCUT2D eigenvalue weighted by Crippen LogP contribution is 2.34. The molecule has 0 spiro atoms. The summed E-state index contributed by atoms with van der Waals surface area (Å²) in [6.07, 6.45) is 4.63. The molecule has 120 valence electrons. The number of aromatic nitrogens is 1. The zero-order chi connectivity index (χ0) is 16.3. The van der Waals surface area contributed by atoms with Gasteiger partial charge in [0.2, 0.25) is 11.9 Å². The summed E-state index contributed by atoms with van der Waals surface area (Å²) in [6.45, 7) is 3.66. The lowest BCUT2D eigenvalue weighted by Crippen LogP contribution is -2.38. The van der Waals surface area contributed by atoms with Crippen LogP contribution in [0.4, 0.5) is 8.78 Å².